The van der Waals surface area contributed by atoms with Crippen LogP contribution in [0.5, 0.6) is 5.75 Å². The van der Waals surface area contributed by atoms with Crippen LogP contribution in [0.25, 0.3) is 10.9 Å². The van der Waals surface area contributed by atoms with E-state index in [1.54, 1.807) is 0 Å². The van der Waals surface area contributed by atoms with Crippen LogP contribution in [-0.4, -0.2) is 24.2 Å². The van der Waals surface area contributed by atoms with E-state index in [4.69, 9.17) is 4.74 Å². The van der Waals surface area contributed by atoms with Crippen LogP contribution in [0.4, 0.5) is 10.5 Å². The van der Waals surface area contributed by atoms with Crippen molar-refractivity contribution in [1.82, 2.24) is 10.3 Å². The Labute approximate surface area is 176 Å². The molecular weight excluding hydrogens is 374 g/mol. The fraction of sp³-hybridized carbons (Fsp3) is 0.160. The highest BCUT2D eigenvalue weighted by molar-refractivity contribution is 5.89. The van der Waals surface area contributed by atoms with Gasteiger partial charge in [-0.3, -0.25) is 0 Å². The predicted octanol–water partition coefficient (Wildman–Crippen LogP) is 5.52. The molecule has 3 N–H and O–H groups in total. The lowest BCUT2D eigenvalue weighted by Crippen LogP contribution is -2.32. The molecule has 152 valence electrons. The monoisotopic (exact) mass is 399 g/mol. The van der Waals surface area contributed by atoms with Crippen LogP contribution < -0.4 is 15.4 Å². The summed E-state index contributed by atoms with van der Waals surface area (Å²) < 4.78 is 5.44. The van der Waals surface area contributed by atoms with Crippen LogP contribution in [0.1, 0.15) is 24.0 Å². The van der Waals surface area contributed by atoms with E-state index in [-0.39, 0.29) is 11.9 Å². The molecule has 2 amide bonds. The van der Waals surface area contributed by atoms with E-state index >= 15 is 0 Å². The Morgan fingerprint density at radius 2 is 1.70 bits per heavy atom. The van der Waals surface area contributed by atoms with E-state index < -0.39 is 0 Å². The highest BCUT2D eigenvalue weighted by Crippen LogP contribution is 2.30. The highest BCUT2D eigenvalue weighted by Gasteiger charge is 2.19. The second kappa shape index (κ2) is 9.18. The third kappa shape index (κ3) is 4.46. The minimum absolute atomic E-state index is 0.0356. The van der Waals surface area contributed by atoms with E-state index in [0.29, 0.717) is 13.2 Å². The Morgan fingerprint density at radius 1 is 0.967 bits per heavy atom. The fourth-order valence-electron chi connectivity index (χ4n) is 3.65. The number of fused-ring (bicyclic) bond motifs is 1. The minimum atomic E-state index is -0.236. The number of para-hydroxylation sites is 1. The second-order valence-electron chi connectivity index (χ2n) is 7.05. The van der Waals surface area contributed by atoms with E-state index in [1.165, 1.54) is 5.39 Å². The number of carbonyl (C=O) groups is 1. The Bertz CT molecular complexity index is 1100. The summed E-state index contributed by atoms with van der Waals surface area (Å²) >= 11 is 0. The molecule has 0 spiro atoms. The van der Waals surface area contributed by atoms with Crippen LogP contribution in [0.15, 0.2) is 85.1 Å². The zero-order chi connectivity index (χ0) is 20.8. The number of carbonyl (C=O) groups excluding carboxylic acids is 1. The molecule has 0 saturated heterocycles. The number of nitrogens with one attached hydrogen (secondary N) is 3. The van der Waals surface area contributed by atoms with Gasteiger partial charge in [0.1, 0.15) is 5.75 Å². The van der Waals surface area contributed by atoms with Crippen molar-refractivity contribution in [2.24, 2.45) is 0 Å². The summed E-state index contributed by atoms with van der Waals surface area (Å²) in [5.41, 5.74) is 4.13. The molecule has 0 fully saturated rings. The van der Waals surface area contributed by atoms with Gasteiger partial charge in [-0.25, -0.2) is 4.79 Å². The molecule has 0 aliphatic rings. The normalized spacial score (nSPS) is 11.8. The van der Waals surface area contributed by atoms with Crippen LogP contribution in [-0.2, 0) is 0 Å². The lowest BCUT2D eigenvalue weighted by molar-refractivity contribution is 0.252. The minimum Gasteiger partial charge on any atom is -0.494 e. The first-order chi connectivity index (χ1) is 14.7. The predicted molar refractivity (Wildman–Crippen MR) is 121 cm³/mol. The standard InChI is InChI=1S/C25H25N3O2/c1-2-30-20-14-12-19(13-15-20)28-25(29)27-16-22(18-8-4-3-5-9-18)23-17-26-24-11-7-6-10-21(23)24/h3-15,17,22,26H,2,16H2,1H3,(H2,27,28,29). The maximum absolute atomic E-state index is 12.5. The summed E-state index contributed by atoms with van der Waals surface area (Å²) in [5, 5.41) is 7.08. The number of ether oxygens (including phenoxy) is 1. The molecule has 0 aliphatic carbocycles. The van der Waals surface area contributed by atoms with Gasteiger partial charge in [-0.05, 0) is 48.4 Å². The molecule has 4 aromatic rings. The molecule has 4 rings (SSSR count). The van der Waals surface area contributed by atoms with Gasteiger partial charge in [0.25, 0.3) is 0 Å². The molecule has 1 atom stereocenters. The van der Waals surface area contributed by atoms with Crippen LogP contribution in [0.3, 0.4) is 0 Å². The number of urea groups is 1. The quantitative estimate of drug-likeness (QED) is 0.383. The first-order valence-corrected chi connectivity index (χ1v) is 10.1. The van der Waals surface area contributed by atoms with Crippen molar-refractivity contribution < 1.29 is 9.53 Å². The average molecular weight is 399 g/mol. The van der Waals surface area contributed by atoms with Gasteiger partial charge in [-0.1, -0.05) is 48.5 Å². The molecule has 0 bridgehead atoms. The SMILES string of the molecule is CCOc1ccc(NC(=O)NCC(c2ccccc2)c2c[nH]c3ccccc23)cc1. The lowest BCUT2D eigenvalue weighted by Gasteiger charge is -2.18. The van der Waals surface area contributed by atoms with Crippen LogP contribution >= 0.6 is 0 Å². The van der Waals surface area contributed by atoms with E-state index in [2.05, 4.69) is 39.9 Å². The Hall–Kier alpha value is -3.73. The zero-order valence-corrected chi connectivity index (χ0v) is 16.9. The van der Waals surface area contributed by atoms with Crippen molar-refractivity contribution in [3.63, 3.8) is 0 Å². The molecule has 1 unspecified atom stereocenters. The molecule has 0 aliphatic heterocycles. The fourth-order valence-corrected chi connectivity index (χ4v) is 3.65. The summed E-state index contributed by atoms with van der Waals surface area (Å²) in [7, 11) is 0. The number of anilines is 1. The number of rotatable bonds is 7. The van der Waals surface area contributed by atoms with Gasteiger partial charge < -0.3 is 20.4 Å². The topological polar surface area (TPSA) is 66.2 Å². The van der Waals surface area contributed by atoms with Crippen LogP contribution in [0.2, 0.25) is 0 Å². The van der Waals surface area contributed by atoms with Gasteiger partial charge in [0.05, 0.1) is 6.61 Å². The van der Waals surface area contributed by atoms with Gasteiger partial charge in [-0.2, -0.15) is 0 Å². The molecule has 0 saturated carbocycles. The lowest BCUT2D eigenvalue weighted by atomic mass is 9.91. The largest absolute Gasteiger partial charge is 0.494 e. The summed E-state index contributed by atoms with van der Waals surface area (Å²) in [5.74, 6) is 0.820. The van der Waals surface area contributed by atoms with E-state index in [9.17, 15) is 4.79 Å². The average Bonchev–Trinajstić information content (AvgIpc) is 3.20. The second-order valence-corrected chi connectivity index (χ2v) is 7.05. The maximum Gasteiger partial charge on any atom is 0.319 e. The van der Waals surface area contributed by atoms with Crippen molar-refractivity contribution >= 4 is 22.6 Å². The van der Waals surface area contributed by atoms with Gasteiger partial charge >= 0.3 is 6.03 Å². The number of aromatic amines is 1. The number of aromatic nitrogens is 1. The van der Waals surface area contributed by atoms with Crippen LogP contribution in [0, 0.1) is 0 Å². The van der Waals surface area contributed by atoms with Crippen molar-refractivity contribution in [1.29, 1.82) is 0 Å². The third-order valence-electron chi connectivity index (χ3n) is 5.09. The van der Waals surface area contributed by atoms with Gasteiger partial charge in [0, 0.05) is 35.2 Å². The molecular formula is C25H25N3O2. The van der Waals surface area contributed by atoms with Crippen molar-refractivity contribution in [2.75, 3.05) is 18.5 Å². The first-order valence-electron chi connectivity index (χ1n) is 10.1. The molecule has 1 heterocycles. The van der Waals surface area contributed by atoms with E-state index in [0.717, 1.165) is 28.1 Å². The van der Waals surface area contributed by atoms with E-state index in [1.807, 2.05) is 67.7 Å². The molecule has 30 heavy (non-hydrogen) atoms. The highest BCUT2D eigenvalue weighted by atomic mass is 16.5. The Morgan fingerprint density at radius 3 is 2.47 bits per heavy atom. The van der Waals surface area contributed by atoms with Gasteiger partial charge in [0.15, 0.2) is 0 Å². The van der Waals surface area contributed by atoms with Crippen molar-refractivity contribution in [2.45, 2.75) is 12.8 Å². The summed E-state index contributed by atoms with van der Waals surface area (Å²) in [6, 6.07) is 25.6. The number of amides is 2. The van der Waals surface area contributed by atoms with Gasteiger partial charge in [-0.15, -0.1) is 0 Å². The third-order valence-corrected chi connectivity index (χ3v) is 5.09. The number of H-pyrrole nitrogens is 1. The number of benzene rings is 3. The Balaban J connectivity index is 1.49. The number of hydrogen-bond acceptors (Lipinski definition) is 2. The zero-order valence-electron chi connectivity index (χ0n) is 16.9. The Kier molecular flexibility index (Phi) is 5.99. The molecule has 3 aromatic carbocycles. The summed E-state index contributed by atoms with van der Waals surface area (Å²) in [4.78, 5) is 15.9. The summed E-state index contributed by atoms with van der Waals surface area (Å²) in [6.07, 6.45) is 2.04. The van der Waals surface area contributed by atoms with Gasteiger partial charge in [0.2, 0.25) is 0 Å². The summed E-state index contributed by atoms with van der Waals surface area (Å²) in [6.45, 7) is 3.03. The van der Waals surface area contributed by atoms with Crippen molar-refractivity contribution in [3.8, 4) is 5.75 Å². The van der Waals surface area contributed by atoms with Crippen molar-refractivity contribution in [3.05, 3.63) is 96.2 Å². The smallest absolute Gasteiger partial charge is 0.319 e. The molecule has 0 radical (unpaired) electrons. The molecule has 5 heteroatoms. The first kappa shape index (κ1) is 19.6. The molecule has 5 nitrogen and oxygen atoms in total. The maximum atomic E-state index is 12.5. The number of hydrogen-bond donors (Lipinski definition) is 3. The molecule has 1 aromatic heterocycles.